The van der Waals surface area contributed by atoms with Crippen LogP contribution in [0.25, 0.3) is 0 Å². The summed E-state index contributed by atoms with van der Waals surface area (Å²) in [5.41, 5.74) is 0. The van der Waals surface area contributed by atoms with E-state index in [1.165, 1.54) is 12.8 Å². The van der Waals surface area contributed by atoms with Crippen LogP contribution in [0.5, 0.6) is 0 Å². The molecule has 0 bridgehead atoms. The average molecular weight is 344 g/mol. The number of rotatable bonds is 4. The van der Waals surface area contributed by atoms with Gasteiger partial charge < -0.3 is 4.90 Å². The van der Waals surface area contributed by atoms with Gasteiger partial charge in [-0.15, -0.1) is 23.2 Å². The van der Waals surface area contributed by atoms with Crippen molar-refractivity contribution in [2.24, 2.45) is 11.8 Å². The summed E-state index contributed by atoms with van der Waals surface area (Å²) in [4.78, 5) is 14.6. The second-order valence-electron chi connectivity index (χ2n) is 7.22. The highest BCUT2D eigenvalue weighted by Gasteiger charge is 2.36. The number of allylic oxidation sites excluding steroid dienone is 1. The number of nitrogens with zero attached hydrogens (tertiary/aromatic N) is 1. The van der Waals surface area contributed by atoms with Gasteiger partial charge in [0, 0.05) is 23.9 Å². The van der Waals surface area contributed by atoms with E-state index in [1.54, 1.807) is 0 Å². The Balaban J connectivity index is 1.50. The Bertz CT molecular complexity index is 421. The van der Waals surface area contributed by atoms with Gasteiger partial charge in [0.15, 0.2) is 0 Å². The lowest BCUT2D eigenvalue weighted by Gasteiger charge is -2.35. The Labute approximate surface area is 144 Å². The molecule has 1 heterocycles. The predicted octanol–water partition coefficient (Wildman–Crippen LogP) is 4.74. The zero-order valence-electron chi connectivity index (χ0n) is 13.2. The van der Waals surface area contributed by atoms with Gasteiger partial charge in [0.2, 0.25) is 5.91 Å². The molecule has 0 spiro atoms. The van der Waals surface area contributed by atoms with E-state index in [0.29, 0.717) is 23.8 Å². The molecule has 0 N–H and O–H groups in total. The summed E-state index contributed by atoms with van der Waals surface area (Å²) in [5, 5.41) is 0.240. The lowest BCUT2D eigenvalue weighted by atomic mass is 9.87. The standard InChI is InChI=1S/C18H27Cl2NO/c19-16-10-7-13(12-17(16)20)4-3-6-15-5-1-2-11-21(15)18(22)14-8-9-14/h3-4,13-17H,1-2,5-12H2/b4-3+. The summed E-state index contributed by atoms with van der Waals surface area (Å²) in [6.07, 6.45) is 14.6. The molecule has 0 aromatic rings. The molecule has 4 heteroatoms. The van der Waals surface area contributed by atoms with E-state index in [1.807, 2.05) is 0 Å². The maximum Gasteiger partial charge on any atom is 0.225 e. The van der Waals surface area contributed by atoms with Gasteiger partial charge in [-0.3, -0.25) is 4.79 Å². The molecule has 1 aliphatic heterocycles. The van der Waals surface area contributed by atoms with E-state index in [0.717, 1.165) is 51.5 Å². The van der Waals surface area contributed by atoms with Gasteiger partial charge in [0.1, 0.15) is 0 Å². The molecule has 22 heavy (non-hydrogen) atoms. The van der Waals surface area contributed by atoms with E-state index < -0.39 is 0 Å². The molecule has 1 amide bonds. The number of carbonyl (C=O) groups is 1. The number of halogens is 2. The van der Waals surface area contributed by atoms with Crippen molar-refractivity contribution in [2.75, 3.05) is 6.54 Å². The summed E-state index contributed by atoms with van der Waals surface area (Å²) in [6, 6.07) is 0.425. The molecule has 2 nitrogen and oxygen atoms in total. The van der Waals surface area contributed by atoms with Gasteiger partial charge in [-0.05, 0) is 63.7 Å². The molecule has 2 aliphatic carbocycles. The molecule has 3 rings (SSSR count). The van der Waals surface area contributed by atoms with Crippen LogP contribution in [-0.4, -0.2) is 34.1 Å². The third-order valence-electron chi connectivity index (χ3n) is 5.39. The van der Waals surface area contributed by atoms with Crippen molar-refractivity contribution in [3.8, 4) is 0 Å². The first-order valence-electron chi connectivity index (χ1n) is 8.90. The maximum absolute atomic E-state index is 12.4. The quantitative estimate of drug-likeness (QED) is 0.533. The fraction of sp³-hybridized carbons (Fsp3) is 0.833. The summed E-state index contributed by atoms with van der Waals surface area (Å²) >= 11 is 12.5. The second kappa shape index (κ2) is 7.57. The van der Waals surface area contributed by atoms with Crippen LogP contribution in [0.2, 0.25) is 0 Å². The SMILES string of the molecule is O=C(C1CC1)N1CCCCC1C/C=C/C1CCC(Cl)C(Cl)C1. The number of hydrogen-bond acceptors (Lipinski definition) is 1. The Morgan fingerprint density at radius 3 is 2.59 bits per heavy atom. The van der Waals surface area contributed by atoms with Gasteiger partial charge in [-0.1, -0.05) is 12.2 Å². The highest BCUT2D eigenvalue weighted by atomic mass is 35.5. The number of piperidine rings is 1. The molecular formula is C18H27Cl2NO. The fourth-order valence-corrected chi connectivity index (χ4v) is 4.40. The van der Waals surface area contributed by atoms with Gasteiger partial charge in [0.05, 0.1) is 5.38 Å². The van der Waals surface area contributed by atoms with Crippen LogP contribution >= 0.6 is 23.2 Å². The minimum Gasteiger partial charge on any atom is -0.339 e. The van der Waals surface area contributed by atoms with Crippen molar-refractivity contribution < 1.29 is 4.79 Å². The maximum atomic E-state index is 12.4. The van der Waals surface area contributed by atoms with Gasteiger partial charge >= 0.3 is 0 Å². The van der Waals surface area contributed by atoms with Crippen LogP contribution in [0.3, 0.4) is 0 Å². The van der Waals surface area contributed by atoms with Crippen LogP contribution in [0, 0.1) is 11.8 Å². The van der Waals surface area contributed by atoms with E-state index in [9.17, 15) is 4.79 Å². The summed E-state index contributed by atoms with van der Waals surface area (Å²) in [6.45, 7) is 0.967. The summed E-state index contributed by atoms with van der Waals surface area (Å²) in [7, 11) is 0. The van der Waals surface area contributed by atoms with Crippen LogP contribution in [0.1, 0.15) is 57.8 Å². The number of carbonyl (C=O) groups excluding carboxylic acids is 1. The highest BCUT2D eigenvalue weighted by Crippen LogP contribution is 2.35. The highest BCUT2D eigenvalue weighted by molar-refractivity contribution is 6.30. The molecule has 0 aromatic heterocycles. The van der Waals surface area contributed by atoms with E-state index in [-0.39, 0.29) is 10.8 Å². The zero-order chi connectivity index (χ0) is 15.5. The van der Waals surface area contributed by atoms with Crippen LogP contribution in [0.15, 0.2) is 12.2 Å². The molecule has 2 saturated carbocycles. The molecule has 4 unspecified atom stereocenters. The Hall–Kier alpha value is -0.210. The monoisotopic (exact) mass is 343 g/mol. The third-order valence-corrected chi connectivity index (χ3v) is 6.52. The molecule has 0 radical (unpaired) electrons. The number of hydrogen-bond donors (Lipinski definition) is 0. The first-order chi connectivity index (χ1) is 10.6. The normalized spacial score (nSPS) is 36.7. The topological polar surface area (TPSA) is 20.3 Å². The van der Waals surface area contributed by atoms with Crippen molar-refractivity contribution in [1.29, 1.82) is 0 Å². The Kier molecular flexibility index (Phi) is 5.73. The molecule has 3 fully saturated rings. The van der Waals surface area contributed by atoms with E-state index in [4.69, 9.17) is 23.2 Å². The first-order valence-corrected chi connectivity index (χ1v) is 9.77. The predicted molar refractivity (Wildman–Crippen MR) is 92.5 cm³/mol. The van der Waals surface area contributed by atoms with E-state index in [2.05, 4.69) is 17.1 Å². The average Bonchev–Trinajstić information content (AvgIpc) is 3.35. The molecule has 4 atom stereocenters. The third kappa shape index (κ3) is 4.20. The van der Waals surface area contributed by atoms with Gasteiger partial charge in [-0.2, -0.15) is 0 Å². The lowest BCUT2D eigenvalue weighted by Crippen LogP contribution is -2.44. The van der Waals surface area contributed by atoms with E-state index >= 15 is 0 Å². The van der Waals surface area contributed by atoms with Crippen molar-refractivity contribution in [1.82, 2.24) is 4.90 Å². The van der Waals surface area contributed by atoms with Gasteiger partial charge in [-0.25, -0.2) is 0 Å². The zero-order valence-corrected chi connectivity index (χ0v) is 14.7. The molecule has 3 aliphatic rings. The lowest BCUT2D eigenvalue weighted by molar-refractivity contribution is -0.136. The van der Waals surface area contributed by atoms with Crippen molar-refractivity contribution in [3.05, 3.63) is 12.2 Å². The number of likely N-dealkylation sites (tertiary alicyclic amines) is 1. The van der Waals surface area contributed by atoms with Crippen LogP contribution in [0.4, 0.5) is 0 Å². The Morgan fingerprint density at radius 2 is 1.86 bits per heavy atom. The minimum absolute atomic E-state index is 0.104. The molecular weight excluding hydrogens is 317 g/mol. The minimum atomic E-state index is 0.104. The smallest absolute Gasteiger partial charge is 0.225 e. The van der Waals surface area contributed by atoms with Crippen molar-refractivity contribution in [2.45, 2.75) is 74.6 Å². The van der Waals surface area contributed by atoms with Crippen molar-refractivity contribution >= 4 is 29.1 Å². The van der Waals surface area contributed by atoms with Crippen LogP contribution < -0.4 is 0 Å². The van der Waals surface area contributed by atoms with Gasteiger partial charge in [0.25, 0.3) is 0 Å². The largest absolute Gasteiger partial charge is 0.339 e. The number of alkyl halides is 2. The Morgan fingerprint density at radius 1 is 1.05 bits per heavy atom. The first kappa shape index (κ1) is 16.6. The summed E-state index contributed by atoms with van der Waals surface area (Å²) in [5.74, 6) is 1.33. The fourth-order valence-electron chi connectivity index (χ4n) is 3.81. The second-order valence-corrected chi connectivity index (χ2v) is 8.35. The summed E-state index contributed by atoms with van der Waals surface area (Å²) < 4.78 is 0. The number of amides is 1. The molecule has 1 saturated heterocycles. The van der Waals surface area contributed by atoms with Crippen LogP contribution in [-0.2, 0) is 4.79 Å². The molecule has 124 valence electrons. The molecule has 0 aromatic carbocycles. The van der Waals surface area contributed by atoms with Crippen molar-refractivity contribution in [3.63, 3.8) is 0 Å².